The minimum Gasteiger partial charge on any atom is -0.378 e. The van der Waals surface area contributed by atoms with Crippen molar-refractivity contribution in [1.29, 1.82) is 0 Å². The molecule has 0 bridgehead atoms. The Morgan fingerprint density at radius 3 is 2.76 bits per heavy atom. The summed E-state index contributed by atoms with van der Waals surface area (Å²) in [5.74, 6) is 0. The number of rotatable bonds is 6. The topological polar surface area (TPSA) is 30.5 Å². The van der Waals surface area contributed by atoms with E-state index >= 15 is 0 Å². The summed E-state index contributed by atoms with van der Waals surface area (Å²) in [6, 6.07) is 0.522. The van der Waals surface area contributed by atoms with Crippen LogP contribution in [0.2, 0.25) is 0 Å². The highest BCUT2D eigenvalue weighted by atomic mass is 16.5. The van der Waals surface area contributed by atoms with E-state index in [-0.39, 0.29) is 0 Å². The monoisotopic (exact) mass is 241 g/mol. The molecule has 2 aliphatic heterocycles. The summed E-state index contributed by atoms with van der Waals surface area (Å²) < 4.78 is 11.7. The van der Waals surface area contributed by atoms with Gasteiger partial charge in [-0.05, 0) is 52.0 Å². The molecule has 17 heavy (non-hydrogen) atoms. The molecule has 3 nitrogen and oxygen atoms in total. The van der Waals surface area contributed by atoms with Gasteiger partial charge in [0.2, 0.25) is 0 Å². The molecule has 0 radical (unpaired) electrons. The lowest BCUT2D eigenvalue weighted by Gasteiger charge is -2.25. The predicted molar refractivity (Wildman–Crippen MR) is 69.2 cm³/mol. The molecule has 2 aliphatic rings. The fraction of sp³-hybridized carbons (Fsp3) is 1.00. The molecule has 3 heteroatoms. The molecule has 0 aromatic rings. The second-order valence-electron chi connectivity index (χ2n) is 5.44. The summed E-state index contributed by atoms with van der Waals surface area (Å²) in [6.07, 6.45) is 8.68. The molecule has 100 valence electrons. The van der Waals surface area contributed by atoms with E-state index in [1.807, 2.05) is 0 Å². The van der Waals surface area contributed by atoms with Gasteiger partial charge < -0.3 is 14.8 Å². The molecule has 0 spiro atoms. The molecule has 2 saturated heterocycles. The lowest BCUT2D eigenvalue weighted by Crippen LogP contribution is -2.40. The molecule has 1 N–H and O–H groups in total. The van der Waals surface area contributed by atoms with Crippen molar-refractivity contribution in [3.63, 3.8) is 0 Å². The van der Waals surface area contributed by atoms with Gasteiger partial charge in [-0.3, -0.25) is 0 Å². The lowest BCUT2D eigenvalue weighted by atomic mass is 9.99. The third-order valence-electron chi connectivity index (χ3n) is 4.00. The molecule has 2 heterocycles. The second-order valence-corrected chi connectivity index (χ2v) is 5.44. The van der Waals surface area contributed by atoms with Crippen LogP contribution in [0.4, 0.5) is 0 Å². The molecular weight excluding hydrogens is 214 g/mol. The van der Waals surface area contributed by atoms with Crippen LogP contribution in [0.5, 0.6) is 0 Å². The van der Waals surface area contributed by atoms with Gasteiger partial charge in [0.05, 0.1) is 18.3 Å². The molecule has 0 saturated carbocycles. The molecule has 0 amide bonds. The van der Waals surface area contributed by atoms with Crippen LogP contribution in [0.3, 0.4) is 0 Å². The molecule has 4 atom stereocenters. The maximum atomic E-state index is 5.99. The van der Waals surface area contributed by atoms with E-state index < -0.39 is 0 Å². The highest BCUT2D eigenvalue weighted by Gasteiger charge is 2.29. The van der Waals surface area contributed by atoms with E-state index in [0.717, 1.165) is 13.2 Å². The molecule has 0 aliphatic carbocycles. The van der Waals surface area contributed by atoms with Crippen LogP contribution >= 0.6 is 0 Å². The molecule has 0 aromatic carbocycles. The van der Waals surface area contributed by atoms with Crippen molar-refractivity contribution < 1.29 is 9.47 Å². The highest BCUT2D eigenvalue weighted by molar-refractivity contribution is 4.83. The average molecular weight is 241 g/mol. The summed E-state index contributed by atoms with van der Waals surface area (Å²) in [7, 11) is 0. The van der Waals surface area contributed by atoms with Crippen LogP contribution in [-0.4, -0.2) is 37.5 Å². The second kappa shape index (κ2) is 6.72. The molecule has 2 fully saturated rings. The molecule has 2 rings (SSSR count). The average Bonchev–Trinajstić information content (AvgIpc) is 2.95. The summed E-state index contributed by atoms with van der Waals surface area (Å²) in [4.78, 5) is 0. The van der Waals surface area contributed by atoms with Crippen molar-refractivity contribution in [2.75, 3.05) is 13.2 Å². The number of hydrogen-bond acceptors (Lipinski definition) is 3. The lowest BCUT2D eigenvalue weighted by molar-refractivity contribution is 0.0246. The Balaban J connectivity index is 1.75. The van der Waals surface area contributed by atoms with E-state index in [1.54, 1.807) is 0 Å². The first-order valence-electron chi connectivity index (χ1n) is 7.30. The van der Waals surface area contributed by atoms with E-state index in [0.29, 0.717) is 24.4 Å². The Bertz CT molecular complexity index is 216. The number of ether oxygens (including phenoxy) is 2. The smallest absolute Gasteiger partial charge is 0.0732 e. The first-order valence-corrected chi connectivity index (χ1v) is 7.30. The van der Waals surface area contributed by atoms with Crippen molar-refractivity contribution in [1.82, 2.24) is 5.32 Å². The first kappa shape index (κ1) is 13.3. The van der Waals surface area contributed by atoms with Crippen molar-refractivity contribution in [3.05, 3.63) is 0 Å². The van der Waals surface area contributed by atoms with Crippen molar-refractivity contribution in [2.24, 2.45) is 0 Å². The number of nitrogens with one attached hydrogen (secondary N) is 1. The quantitative estimate of drug-likeness (QED) is 0.775. The standard InChI is InChI=1S/C14H27NO2/c1-3-15-13(14-9-6-11(2)17-14)8-7-12-5-4-10-16-12/h11-15H,3-10H2,1-2H3. The Labute approximate surface area is 105 Å². The maximum absolute atomic E-state index is 5.99. The first-order chi connectivity index (χ1) is 8.29. The van der Waals surface area contributed by atoms with Gasteiger partial charge in [-0.2, -0.15) is 0 Å². The van der Waals surface area contributed by atoms with E-state index in [2.05, 4.69) is 19.2 Å². The van der Waals surface area contributed by atoms with Crippen LogP contribution in [0, 0.1) is 0 Å². The molecule has 0 aromatic heterocycles. The van der Waals surface area contributed by atoms with Gasteiger partial charge in [-0.15, -0.1) is 0 Å². The molecule has 4 unspecified atom stereocenters. The van der Waals surface area contributed by atoms with Crippen LogP contribution in [0.1, 0.15) is 52.4 Å². The van der Waals surface area contributed by atoms with E-state index in [1.165, 1.54) is 38.5 Å². The Morgan fingerprint density at radius 1 is 1.29 bits per heavy atom. The Morgan fingerprint density at radius 2 is 2.18 bits per heavy atom. The van der Waals surface area contributed by atoms with Gasteiger partial charge >= 0.3 is 0 Å². The largest absolute Gasteiger partial charge is 0.378 e. The van der Waals surface area contributed by atoms with Crippen LogP contribution < -0.4 is 5.32 Å². The van der Waals surface area contributed by atoms with Crippen molar-refractivity contribution in [2.45, 2.75) is 76.7 Å². The van der Waals surface area contributed by atoms with E-state index in [4.69, 9.17) is 9.47 Å². The van der Waals surface area contributed by atoms with E-state index in [9.17, 15) is 0 Å². The van der Waals surface area contributed by atoms with Crippen molar-refractivity contribution >= 4 is 0 Å². The zero-order chi connectivity index (χ0) is 12.1. The predicted octanol–water partition coefficient (Wildman–Crippen LogP) is 2.49. The fourth-order valence-electron chi connectivity index (χ4n) is 3.05. The zero-order valence-electron chi connectivity index (χ0n) is 11.3. The fourth-order valence-corrected chi connectivity index (χ4v) is 3.05. The highest BCUT2D eigenvalue weighted by Crippen LogP contribution is 2.25. The summed E-state index contributed by atoms with van der Waals surface area (Å²) in [6.45, 7) is 6.36. The van der Waals surface area contributed by atoms with Crippen LogP contribution in [0.15, 0.2) is 0 Å². The minimum atomic E-state index is 0.423. The molecular formula is C14H27NO2. The van der Waals surface area contributed by atoms with Gasteiger partial charge in [0, 0.05) is 12.6 Å². The number of hydrogen-bond donors (Lipinski definition) is 1. The van der Waals surface area contributed by atoms with Gasteiger partial charge in [0.1, 0.15) is 0 Å². The SMILES string of the molecule is CCNC(CCC1CCCO1)C1CCC(C)O1. The summed E-state index contributed by atoms with van der Waals surface area (Å²) in [5, 5.41) is 3.59. The normalized spacial score (nSPS) is 35.3. The van der Waals surface area contributed by atoms with Gasteiger partial charge in [0.15, 0.2) is 0 Å². The minimum absolute atomic E-state index is 0.423. The van der Waals surface area contributed by atoms with Crippen LogP contribution in [0.25, 0.3) is 0 Å². The van der Waals surface area contributed by atoms with Gasteiger partial charge in [-0.25, -0.2) is 0 Å². The third-order valence-corrected chi connectivity index (χ3v) is 4.00. The Hall–Kier alpha value is -0.120. The van der Waals surface area contributed by atoms with Crippen LogP contribution in [-0.2, 0) is 9.47 Å². The summed E-state index contributed by atoms with van der Waals surface area (Å²) >= 11 is 0. The van der Waals surface area contributed by atoms with Gasteiger partial charge in [-0.1, -0.05) is 6.92 Å². The van der Waals surface area contributed by atoms with Gasteiger partial charge in [0.25, 0.3) is 0 Å². The number of likely N-dealkylation sites (N-methyl/N-ethyl adjacent to an activating group) is 1. The van der Waals surface area contributed by atoms with Crippen molar-refractivity contribution in [3.8, 4) is 0 Å². The third kappa shape index (κ3) is 3.94. The summed E-state index contributed by atoms with van der Waals surface area (Å²) in [5.41, 5.74) is 0. The maximum Gasteiger partial charge on any atom is 0.0732 e. The zero-order valence-corrected chi connectivity index (χ0v) is 11.3. The Kier molecular flexibility index (Phi) is 5.26.